The molecule has 1 aliphatic carbocycles. The normalized spacial score (nSPS) is 22.3. The first-order valence-electron chi connectivity index (χ1n) is 11.1. The van der Waals surface area contributed by atoms with E-state index in [1.54, 1.807) is 11.0 Å². The number of aromatic nitrogens is 1. The highest BCUT2D eigenvalue weighted by molar-refractivity contribution is 5.99. The Morgan fingerprint density at radius 2 is 2.10 bits per heavy atom. The summed E-state index contributed by atoms with van der Waals surface area (Å²) in [4.78, 5) is 17.6. The molecule has 3 aliphatic rings. The number of benzene rings is 2. The summed E-state index contributed by atoms with van der Waals surface area (Å²) in [6.07, 6.45) is 3.97. The first-order chi connectivity index (χ1) is 15.1. The maximum absolute atomic E-state index is 13.8. The molecule has 0 spiro atoms. The molecule has 0 saturated carbocycles. The number of rotatable bonds is 3. The minimum Gasteiger partial charge on any atom is -0.492 e. The van der Waals surface area contributed by atoms with Crippen LogP contribution in [-0.2, 0) is 25.8 Å². The molecule has 1 amide bonds. The van der Waals surface area contributed by atoms with E-state index in [2.05, 4.69) is 10.3 Å². The van der Waals surface area contributed by atoms with Crippen LogP contribution in [0.15, 0.2) is 30.3 Å². The number of nitrogens with zero attached hydrogens (tertiary/aromatic N) is 1. The summed E-state index contributed by atoms with van der Waals surface area (Å²) in [5.41, 5.74) is 6.69. The van der Waals surface area contributed by atoms with Crippen molar-refractivity contribution < 1.29 is 13.9 Å². The van der Waals surface area contributed by atoms with Crippen LogP contribution in [0.25, 0.3) is 10.9 Å². The van der Waals surface area contributed by atoms with Gasteiger partial charge in [-0.25, -0.2) is 4.39 Å². The molecule has 3 heterocycles. The second-order valence-electron chi connectivity index (χ2n) is 9.23. The lowest BCUT2D eigenvalue weighted by molar-refractivity contribution is 0.0816. The molecular weight excluding hydrogens is 393 g/mol. The van der Waals surface area contributed by atoms with Gasteiger partial charge in [-0.2, -0.15) is 0 Å². The van der Waals surface area contributed by atoms with Crippen LogP contribution >= 0.6 is 0 Å². The van der Waals surface area contributed by atoms with Crippen molar-refractivity contribution in [2.24, 2.45) is 5.92 Å². The number of ether oxygens (including phenoxy) is 1. The molecule has 31 heavy (non-hydrogen) atoms. The van der Waals surface area contributed by atoms with Gasteiger partial charge in [0.1, 0.15) is 18.2 Å². The number of halogens is 1. The van der Waals surface area contributed by atoms with Gasteiger partial charge in [-0.3, -0.25) is 4.79 Å². The Kier molecular flexibility index (Phi) is 4.32. The lowest BCUT2D eigenvalue weighted by Crippen LogP contribution is -2.42. The molecule has 0 saturated heterocycles. The van der Waals surface area contributed by atoms with Crippen LogP contribution in [0.1, 0.15) is 39.2 Å². The fraction of sp³-hybridized carbons (Fsp3) is 0.400. The Morgan fingerprint density at radius 1 is 1.19 bits per heavy atom. The highest BCUT2D eigenvalue weighted by Crippen LogP contribution is 2.35. The van der Waals surface area contributed by atoms with Crippen molar-refractivity contribution in [3.05, 3.63) is 64.1 Å². The Hall–Kier alpha value is -2.86. The summed E-state index contributed by atoms with van der Waals surface area (Å²) in [5, 5.41) is 4.75. The second kappa shape index (κ2) is 7.09. The van der Waals surface area contributed by atoms with Gasteiger partial charge in [-0.05, 0) is 79.6 Å². The van der Waals surface area contributed by atoms with Crippen LogP contribution in [-0.4, -0.2) is 42.0 Å². The molecular formula is C25H26FN3O2. The molecule has 6 heteroatoms. The average molecular weight is 420 g/mol. The lowest BCUT2D eigenvalue weighted by Gasteiger charge is -2.30. The van der Waals surface area contributed by atoms with Crippen LogP contribution in [0.2, 0.25) is 0 Å². The van der Waals surface area contributed by atoms with E-state index < -0.39 is 0 Å². The largest absolute Gasteiger partial charge is 0.492 e. The smallest absolute Gasteiger partial charge is 0.254 e. The molecule has 2 aromatic carbocycles. The zero-order chi connectivity index (χ0) is 21.1. The van der Waals surface area contributed by atoms with Crippen molar-refractivity contribution in [3.63, 3.8) is 0 Å². The number of amides is 1. The quantitative estimate of drug-likeness (QED) is 0.682. The van der Waals surface area contributed by atoms with Gasteiger partial charge in [0.05, 0.1) is 0 Å². The van der Waals surface area contributed by atoms with Gasteiger partial charge in [-0.15, -0.1) is 0 Å². The summed E-state index contributed by atoms with van der Waals surface area (Å²) < 4.78 is 19.8. The monoisotopic (exact) mass is 419 g/mol. The van der Waals surface area contributed by atoms with Crippen LogP contribution in [0.5, 0.6) is 5.75 Å². The number of hydrogen-bond donors (Lipinski definition) is 2. The minimum absolute atomic E-state index is 0.0982. The molecule has 2 atom stereocenters. The SMILES string of the molecule is CN1Cc2c(ccc3c2CC(NCC2CCc4[nH]c5ccc(F)cc5c4C2)CO3)C1=O. The first-order valence-corrected chi connectivity index (χ1v) is 11.1. The van der Waals surface area contributed by atoms with Gasteiger partial charge in [0.25, 0.3) is 5.91 Å². The van der Waals surface area contributed by atoms with E-state index in [-0.39, 0.29) is 17.8 Å². The van der Waals surface area contributed by atoms with Crippen LogP contribution in [0, 0.1) is 11.7 Å². The molecule has 3 aromatic rings. The molecule has 0 radical (unpaired) electrons. The average Bonchev–Trinajstić information content (AvgIpc) is 3.28. The third-order valence-electron chi connectivity index (χ3n) is 7.20. The lowest BCUT2D eigenvalue weighted by atomic mass is 9.86. The molecule has 1 aromatic heterocycles. The summed E-state index contributed by atoms with van der Waals surface area (Å²) in [5.74, 6) is 1.36. The van der Waals surface area contributed by atoms with E-state index >= 15 is 0 Å². The number of aromatic amines is 1. The number of hydrogen-bond acceptors (Lipinski definition) is 3. The zero-order valence-electron chi connectivity index (χ0n) is 17.6. The Morgan fingerprint density at radius 3 is 3.00 bits per heavy atom. The predicted molar refractivity (Wildman–Crippen MR) is 117 cm³/mol. The van der Waals surface area contributed by atoms with Crippen LogP contribution < -0.4 is 10.1 Å². The number of fused-ring (bicyclic) bond motifs is 6. The molecule has 0 fully saturated rings. The number of carbonyl (C=O) groups is 1. The van der Waals surface area contributed by atoms with E-state index in [4.69, 9.17) is 4.74 Å². The third kappa shape index (κ3) is 3.12. The van der Waals surface area contributed by atoms with E-state index in [0.29, 0.717) is 19.1 Å². The maximum Gasteiger partial charge on any atom is 0.254 e. The minimum atomic E-state index is -0.177. The number of H-pyrrole nitrogens is 1. The third-order valence-corrected chi connectivity index (χ3v) is 7.20. The highest BCUT2D eigenvalue weighted by atomic mass is 19.1. The summed E-state index contributed by atoms with van der Waals surface area (Å²) in [6, 6.07) is 9.10. The van der Waals surface area contributed by atoms with Crippen molar-refractivity contribution in [2.75, 3.05) is 20.2 Å². The van der Waals surface area contributed by atoms with Crippen LogP contribution in [0.3, 0.4) is 0 Å². The second-order valence-corrected chi connectivity index (χ2v) is 9.23. The molecule has 6 rings (SSSR count). The molecule has 5 nitrogen and oxygen atoms in total. The van der Waals surface area contributed by atoms with Crippen molar-refractivity contribution >= 4 is 16.8 Å². The van der Waals surface area contributed by atoms with Crippen LogP contribution in [0.4, 0.5) is 4.39 Å². The highest BCUT2D eigenvalue weighted by Gasteiger charge is 2.32. The number of aryl methyl sites for hydroxylation is 1. The molecule has 160 valence electrons. The topological polar surface area (TPSA) is 57.4 Å². The Bertz CT molecular complexity index is 1200. The van der Waals surface area contributed by atoms with E-state index in [0.717, 1.165) is 60.0 Å². The maximum atomic E-state index is 13.8. The predicted octanol–water partition coefficient (Wildman–Crippen LogP) is 3.59. The van der Waals surface area contributed by atoms with E-state index in [9.17, 15) is 9.18 Å². The first kappa shape index (κ1) is 18.9. The van der Waals surface area contributed by atoms with Gasteiger partial charge in [0.2, 0.25) is 0 Å². The van der Waals surface area contributed by atoms with Gasteiger partial charge in [0, 0.05) is 47.4 Å². The summed E-state index contributed by atoms with van der Waals surface area (Å²) in [6.45, 7) is 2.22. The summed E-state index contributed by atoms with van der Waals surface area (Å²) >= 11 is 0. The van der Waals surface area contributed by atoms with Crippen molar-refractivity contribution in [3.8, 4) is 5.75 Å². The van der Waals surface area contributed by atoms with Gasteiger partial charge >= 0.3 is 0 Å². The summed E-state index contributed by atoms with van der Waals surface area (Å²) in [7, 11) is 1.85. The van der Waals surface area contributed by atoms with Gasteiger partial charge in [0.15, 0.2) is 0 Å². The molecule has 2 N–H and O–H groups in total. The Balaban J connectivity index is 1.15. The standard InChI is InChI=1S/C25H26FN3O2/c1-29-12-21-17(25(29)30)4-7-24-20(21)10-16(13-31-24)27-11-14-2-5-22-18(8-14)19-9-15(26)3-6-23(19)28-22/h3-4,6-7,9,14,16,27-28H,2,5,8,10-13H2,1H3. The van der Waals surface area contributed by atoms with Crippen molar-refractivity contribution in [1.29, 1.82) is 0 Å². The molecule has 0 bridgehead atoms. The van der Waals surface area contributed by atoms with Crippen molar-refractivity contribution in [2.45, 2.75) is 38.3 Å². The Labute approximate surface area is 180 Å². The molecule has 2 unspecified atom stereocenters. The van der Waals surface area contributed by atoms with Gasteiger partial charge in [-0.1, -0.05) is 0 Å². The fourth-order valence-electron chi connectivity index (χ4n) is 5.52. The number of carbonyl (C=O) groups excluding carboxylic acids is 1. The van der Waals surface area contributed by atoms with E-state index in [1.165, 1.54) is 22.9 Å². The number of nitrogens with one attached hydrogen (secondary N) is 2. The van der Waals surface area contributed by atoms with E-state index in [1.807, 2.05) is 25.2 Å². The van der Waals surface area contributed by atoms with Gasteiger partial charge < -0.3 is 19.9 Å². The van der Waals surface area contributed by atoms with Crippen molar-refractivity contribution in [1.82, 2.24) is 15.2 Å². The molecule has 2 aliphatic heterocycles. The zero-order valence-corrected chi connectivity index (χ0v) is 17.6. The fourth-order valence-corrected chi connectivity index (χ4v) is 5.52.